The molecule has 5 nitrogen and oxygen atoms in total. The average Bonchev–Trinajstić information content (AvgIpc) is 2.38. The van der Waals surface area contributed by atoms with Crippen molar-refractivity contribution in [3.8, 4) is 5.75 Å². The van der Waals surface area contributed by atoms with Crippen LogP contribution < -0.4 is 10.1 Å². The highest BCUT2D eigenvalue weighted by molar-refractivity contribution is 5.94. The maximum Gasteiger partial charge on any atom is 0.346 e. The Labute approximate surface area is 105 Å². The third-order valence-corrected chi connectivity index (χ3v) is 2.82. The quantitative estimate of drug-likeness (QED) is 0.825. The number of anilines is 1. The number of rotatable bonds is 3. The van der Waals surface area contributed by atoms with Crippen LogP contribution in [0.3, 0.4) is 0 Å². The molecule has 1 aliphatic heterocycles. The van der Waals surface area contributed by atoms with Crippen molar-refractivity contribution in [2.24, 2.45) is 0 Å². The number of methoxy groups -OCH3 is 1. The van der Waals surface area contributed by atoms with Gasteiger partial charge in [-0.15, -0.1) is 0 Å². The highest BCUT2D eigenvalue weighted by atomic mass is 16.6. The van der Waals surface area contributed by atoms with Crippen molar-refractivity contribution in [2.75, 3.05) is 12.4 Å². The average molecular weight is 249 g/mol. The molecule has 0 spiro atoms. The van der Waals surface area contributed by atoms with E-state index in [1.54, 1.807) is 19.1 Å². The van der Waals surface area contributed by atoms with Crippen molar-refractivity contribution in [3.63, 3.8) is 0 Å². The summed E-state index contributed by atoms with van der Waals surface area (Å²) in [6.07, 6.45) is 0.514. The SMILES string of the molecule is COC(=O)[C@H](C)Oc1ccc2c(c1)CCC(=O)N2. The van der Waals surface area contributed by atoms with Gasteiger partial charge in [0.25, 0.3) is 0 Å². The second kappa shape index (κ2) is 5.08. The van der Waals surface area contributed by atoms with Crippen LogP contribution in [-0.4, -0.2) is 25.1 Å². The number of hydrogen-bond acceptors (Lipinski definition) is 4. The van der Waals surface area contributed by atoms with Gasteiger partial charge in [-0.1, -0.05) is 0 Å². The van der Waals surface area contributed by atoms with E-state index in [1.807, 2.05) is 6.07 Å². The van der Waals surface area contributed by atoms with E-state index in [-0.39, 0.29) is 5.91 Å². The Morgan fingerprint density at radius 3 is 2.89 bits per heavy atom. The number of amides is 1. The number of aryl methyl sites for hydroxylation is 1. The van der Waals surface area contributed by atoms with Gasteiger partial charge in [-0.2, -0.15) is 0 Å². The first-order chi connectivity index (χ1) is 8.60. The lowest BCUT2D eigenvalue weighted by atomic mass is 10.0. The van der Waals surface area contributed by atoms with E-state index in [2.05, 4.69) is 10.1 Å². The summed E-state index contributed by atoms with van der Waals surface area (Å²) in [5, 5.41) is 2.79. The van der Waals surface area contributed by atoms with E-state index in [0.29, 0.717) is 18.6 Å². The number of esters is 1. The molecule has 0 aromatic heterocycles. The van der Waals surface area contributed by atoms with Gasteiger partial charge in [0.15, 0.2) is 6.10 Å². The number of hydrogen-bond donors (Lipinski definition) is 1. The third kappa shape index (κ3) is 2.61. The topological polar surface area (TPSA) is 64.6 Å². The van der Waals surface area contributed by atoms with Gasteiger partial charge in [0.1, 0.15) is 5.75 Å². The molecule has 0 unspecified atom stereocenters. The number of carbonyl (C=O) groups excluding carboxylic acids is 2. The number of carbonyl (C=O) groups is 2. The van der Waals surface area contributed by atoms with Crippen LogP contribution in [-0.2, 0) is 20.7 Å². The molecular formula is C13H15NO4. The van der Waals surface area contributed by atoms with E-state index in [0.717, 1.165) is 11.3 Å². The molecule has 0 aliphatic carbocycles. The van der Waals surface area contributed by atoms with Gasteiger partial charge in [0.2, 0.25) is 5.91 Å². The summed E-state index contributed by atoms with van der Waals surface area (Å²) in [5.74, 6) is 0.211. The van der Waals surface area contributed by atoms with Crippen molar-refractivity contribution in [1.29, 1.82) is 0 Å². The van der Waals surface area contributed by atoms with Crippen molar-refractivity contribution in [3.05, 3.63) is 23.8 Å². The third-order valence-electron chi connectivity index (χ3n) is 2.82. The molecule has 0 saturated carbocycles. The first kappa shape index (κ1) is 12.4. The fourth-order valence-electron chi connectivity index (χ4n) is 1.85. The van der Waals surface area contributed by atoms with E-state index in [1.165, 1.54) is 7.11 Å². The van der Waals surface area contributed by atoms with E-state index in [4.69, 9.17) is 4.74 Å². The van der Waals surface area contributed by atoms with Gasteiger partial charge in [0.05, 0.1) is 7.11 Å². The van der Waals surface area contributed by atoms with Gasteiger partial charge in [-0.05, 0) is 37.1 Å². The highest BCUT2D eigenvalue weighted by Gasteiger charge is 2.18. The second-order valence-corrected chi connectivity index (χ2v) is 4.15. The number of nitrogens with one attached hydrogen (secondary N) is 1. The highest BCUT2D eigenvalue weighted by Crippen LogP contribution is 2.27. The summed E-state index contributed by atoms with van der Waals surface area (Å²) in [6, 6.07) is 5.35. The van der Waals surface area contributed by atoms with Gasteiger partial charge >= 0.3 is 5.97 Å². The molecule has 0 saturated heterocycles. The molecule has 0 fully saturated rings. The Bertz CT molecular complexity index is 484. The van der Waals surface area contributed by atoms with E-state index < -0.39 is 12.1 Å². The van der Waals surface area contributed by atoms with Crippen LogP contribution in [0.4, 0.5) is 5.69 Å². The number of fused-ring (bicyclic) bond motifs is 1. The largest absolute Gasteiger partial charge is 0.479 e. The van der Waals surface area contributed by atoms with E-state index >= 15 is 0 Å². The Balaban J connectivity index is 2.12. The monoisotopic (exact) mass is 249 g/mol. The van der Waals surface area contributed by atoms with Gasteiger partial charge in [-0.3, -0.25) is 4.79 Å². The fourth-order valence-corrected chi connectivity index (χ4v) is 1.85. The summed E-state index contributed by atoms with van der Waals surface area (Å²) in [7, 11) is 1.32. The van der Waals surface area contributed by atoms with Crippen LogP contribution in [0.25, 0.3) is 0 Å². The standard InChI is InChI=1S/C13H15NO4/c1-8(13(16)17-2)18-10-4-5-11-9(7-10)3-6-12(15)14-11/h4-5,7-8H,3,6H2,1-2H3,(H,14,15)/t8-/m0/s1. The van der Waals surface area contributed by atoms with Crippen LogP contribution >= 0.6 is 0 Å². The molecule has 1 N–H and O–H groups in total. The first-order valence-electron chi connectivity index (χ1n) is 5.77. The predicted octanol–water partition coefficient (Wildman–Crippen LogP) is 1.51. The number of ether oxygens (including phenoxy) is 2. The summed E-state index contributed by atoms with van der Waals surface area (Å²) in [6.45, 7) is 1.63. The molecule has 1 heterocycles. The van der Waals surface area contributed by atoms with Crippen molar-refractivity contribution < 1.29 is 19.1 Å². The molecule has 96 valence electrons. The second-order valence-electron chi connectivity index (χ2n) is 4.15. The zero-order chi connectivity index (χ0) is 13.1. The zero-order valence-electron chi connectivity index (χ0n) is 10.4. The van der Waals surface area contributed by atoms with Crippen molar-refractivity contribution >= 4 is 17.6 Å². The summed E-state index contributed by atoms with van der Waals surface area (Å²) < 4.78 is 10.1. The lowest BCUT2D eigenvalue weighted by molar-refractivity contribution is -0.147. The van der Waals surface area contributed by atoms with Gasteiger partial charge < -0.3 is 14.8 Å². The Hall–Kier alpha value is -2.04. The van der Waals surface area contributed by atoms with Crippen LogP contribution in [0.1, 0.15) is 18.9 Å². The molecule has 2 rings (SSSR count). The molecule has 1 aromatic rings. The van der Waals surface area contributed by atoms with Crippen molar-refractivity contribution in [1.82, 2.24) is 0 Å². The first-order valence-corrected chi connectivity index (χ1v) is 5.77. The van der Waals surface area contributed by atoms with Gasteiger partial charge in [0, 0.05) is 12.1 Å². The maximum atomic E-state index is 11.2. The van der Waals surface area contributed by atoms with E-state index in [9.17, 15) is 9.59 Å². The minimum Gasteiger partial charge on any atom is -0.479 e. The zero-order valence-corrected chi connectivity index (χ0v) is 10.4. The van der Waals surface area contributed by atoms with Crippen LogP contribution in [0, 0.1) is 0 Å². The Morgan fingerprint density at radius 1 is 1.39 bits per heavy atom. The minimum atomic E-state index is -0.647. The van der Waals surface area contributed by atoms with Crippen molar-refractivity contribution in [2.45, 2.75) is 25.9 Å². The maximum absolute atomic E-state index is 11.2. The minimum absolute atomic E-state index is 0.0269. The summed E-state index contributed by atoms with van der Waals surface area (Å²) in [4.78, 5) is 22.5. The summed E-state index contributed by atoms with van der Waals surface area (Å²) in [5.41, 5.74) is 1.83. The lowest BCUT2D eigenvalue weighted by Crippen LogP contribution is -2.25. The molecule has 1 aliphatic rings. The molecule has 1 atom stereocenters. The fraction of sp³-hybridized carbons (Fsp3) is 0.385. The normalized spacial score (nSPS) is 15.3. The van der Waals surface area contributed by atoms with Crippen LogP contribution in [0.2, 0.25) is 0 Å². The molecular weight excluding hydrogens is 234 g/mol. The lowest BCUT2D eigenvalue weighted by Gasteiger charge is -2.19. The van der Waals surface area contributed by atoms with Crippen LogP contribution in [0.15, 0.2) is 18.2 Å². The molecule has 1 amide bonds. The predicted molar refractivity (Wildman–Crippen MR) is 65.5 cm³/mol. The molecule has 18 heavy (non-hydrogen) atoms. The smallest absolute Gasteiger partial charge is 0.346 e. The molecule has 5 heteroatoms. The summed E-state index contributed by atoms with van der Waals surface area (Å²) >= 11 is 0. The number of benzene rings is 1. The van der Waals surface area contributed by atoms with Crippen LogP contribution in [0.5, 0.6) is 5.75 Å². The Morgan fingerprint density at radius 2 is 2.17 bits per heavy atom. The Kier molecular flexibility index (Phi) is 3.50. The molecule has 0 radical (unpaired) electrons. The van der Waals surface area contributed by atoms with Gasteiger partial charge in [-0.25, -0.2) is 4.79 Å². The molecule has 1 aromatic carbocycles. The molecule has 0 bridgehead atoms.